The molecule has 1 spiro atoms. The highest BCUT2D eigenvalue weighted by Crippen LogP contribution is 2.65. The summed E-state index contributed by atoms with van der Waals surface area (Å²) in [6.07, 6.45) is 0.891. The van der Waals surface area contributed by atoms with Gasteiger partial charge in [0.2, 0.25) is 0 Å². The zero-order chi connectivity index (χ0) is 35.1. The van der Waals surface area contributed by atoms with Crippen LogP contribution in [0.3, 0.4) is 0 Å². The molecule has 250 valence electrons. The fourth-order valence-corrected chi connectivity index (χ4v) is 9.13. The van der Waals surface area contributed by atoms with Crippen molar-refractivity contribution in [1.82, 2.24) is 15.0 Å². The van der Waals surface area contributed by atoms with Gasteiger partial charge < -0.3 is 4.74 Å². The van der Waals surface area contributed by atoms with E-state index in [4.69, 9.17) is 19.7 Å². The quantitative estimate of drug-likeness (QED) is 0.186. The van der Waals surface area contributed by atoms with Crippen molar-refractivity contribution in [1.29, 1.82) is 0 Å². The van der Waals surface area contributed by atoms with Gasteiger partial charge in [-0.05, 0) is 57.2 Å². The zero-order valence-electron chi connectivity index (χ0n) is 29.1. The molecule has 8 aromatic rings. The molecule has 0 amide bonds. The van der Waals surface area contributed by atoms with Gasteiger partial charge in [-0.3, -0.25) is 0 Å². The normalized spacial score (nSPS) is 17.8. The molecule has 2 heterocycles. The average molecular weight is 680 g/mol. The minimum absolute atomic E-state index is 0.334. The van der Waals surface area contributed by atoms with E-state index in [1.165, 1.54) is 49.9 Å². The monoisotopic (exact) mass is 679 g/mol. The number of fused-ring (bicyclic) bond motifs is 12. The summed E-state index contributed by atoms with van der Waals surface area (Å²) < 4.78 is 7.20. The number of hydrogen-bond acceptors (Lipinski definition) is 4. The van der Waals surface area contributed by atoms with E-state index < -0.39 is 5.41 Å². The number of rotatable bonds is 3. The number of hydrogen-bond donors (Lipinski definition) is 0. The Hall–Kier alpha value is -6.65. The number of ether oxygens (including phenoxy) is 1. The van der Waals surface area contributed by atoms with Crippen molar-refractivity contribution in [2.45, 2.75) is 24.7 Å². The van der Waals surface area contributed by atoms with Gasteiger partial charge in [-0.15, -0.1) is 0 Å². The van der Waals surface area contributed by atoms with E-state index in [0.717, 1.165) is 40.0 Å². The minimum Gasteiger partial charge on any atom is -0.456 e. The molecule has 0 saturated heterocycles. The maximum absolute atomic E-state index is 7.20. The molecule has 0 bridgehead atoms. The average Bonchev–Trinajstić information content (AvgIpc) is 3.52. The third-order valence-electron chi connectivity index (χ3n) is 11.5. The second-order valence-corrected chi connectivity index (χ2v) is 14.4. The van der Waals surface area contributed by atoms with Gasteiger partial charge in [-0.2, -0.15) is 0 Å². The highest BCUT2D eigenvalue weighted by Gasteiger charge is 2.54. The molecule has 2 unspecified atom stereocenters. The smallest absolute Gasteiger partial charge is 0.164 e. The first-order valence-corrected chi connectivity index (χ1v) is 18.3. The molecule has 1 aromatic heterocycles. The summed E-state index contributed by atoms with van der Waals surface area (Å²) in [6, 6.07) is 58.1. The summed E-state index contributed by atoms with van der Waals surface area (Å²) in [5, 5.41) is 2.30. The number of allylic oxidation sites excluding steroid dienone is 1. The first-order chi connectivity index (χ1) is 26.2. The molecule has 0 fully saturated rings. The van der Waals surface area contributed by atoms with Crippen LogP contribution in [0.2, 0.25) is 0 Å². The lowest BCUT2D eigenvalue weighted by atomic mass is 9.61. The standard InChI is InChI=1S/C49H33N3O/c1-30-28-43-45(38-22-11-10-19-35(30)38)53-44-36-20-9-8-14-31(36)24-27-42(44)49(43)40-23-13-12-21-37(40)39-29-34(25-26-41(39)49)48-51-46(32-15-4-2-5-16-32)50-47(52-48)33-17-6-3-7-18-33/h2-27,29-30H,28H2,1H3. The van der Waals surface area contributed by atoms with Crippen LogP contribution >= 0.6 is 0 Å². The maximum Gasteiger partial charge on any atom is 0.164 e. The summed E-state index contributed by atoms with van der Waals surface area (Å²) in [5.74, 6) is 4.23. The number of aromatic nitrogens is 3. The lowest BCUT2D eigenvalue weighted by Gasteiger charge is -2.44. The maximum atomic E-state index is 7.20. The molecule has 2 atom stereocenters. The SMILES string of the molecule is CC1CC2=C(Oc3c(ccc4ccccc34)C23c2ccccc2-c2cc(-c4nc(-c5ccccc5)nc(-c5ccccc5)n4)ccc23)c2ccccc21. The Morgan fingerprint density at radius 2 is 1.09 bits per heavy atom. The van der Waals surface area contributed by atoms with E-state index in [-0.39, 0.29) is 0 Å². The van der Waals surface area contributed by atoms with Crippen molar-refractivity contribution in [3.63, 3.8) is 0 Å². The first kappa shape index (κ1) is 30.0. The molecule has 1 aliphatic heterocycles. The van der Waals surface area contributed by atoms with E-state index in [0.29, 0.717) is 23.4 Å². The largest absolute Gasteiger partial charge is 0.456 e. The first-order valence-electron chi connectivity index (χ1n) is 18.3. The highest BCUT2D eigenvalue weighted by atomic mass is 16.5. The topological polar surface area (TPSA) is 47.9 Å². The van der Waals surface area contributed by atoms with Crippen LogP contribution in [-0.2, 0) is 5.41 Å². The van der Waals surface area contributed by atoms with Crippen LogP contribution in [-0.4, -0.2) is 15.0 Å². The van der Waals surface area contributed by atoms with Gasteiger partial charge in [0, 0.05) is 33.2 Å². The van der Waals surface area contributed by atoms with E-state index in [2.05, 4.69) is 134 Å². The molecule has 7 aromatic carbocycles. The van der Waals surface area contributed by atoms with Crippen molar-refractivity contribution in [3.8, 4) is 51.0 Å². The van der Waals surface area contributed by atoms with Crippen molar-refractivity contribution >= 4 is 16.5 Å². The molecule has 0 saturated carbocycles. The second-order valence-electron chi connectivity index (χ2n) is 14.4. The molecule has 2 aliphatic carbocycles. The van der Waals surface area contributed by atoms with Gasteiger partial charge in [0.1, 0.15) is 11.5 Å². The second kappa shape index (κ2) is 11.4. The van der Waals surface area contributed by atoms with Gasteiger partial charge in [0.05, 0.1) is 5.41 Å². The van der Waals surface area contributed by atoms with Gasteiger partial charge in [-0.1, -0.05) is 165 Å². The summed E-state index contributed by atoms with van der Waals surface area (Å²) in [6.45, 7) is 2.35. The Morgan fingerprint density at radius 1 is 0.509 bits per heavy atom. The van der Waals surface area contributed by atoms with E-state index in [1.807, 2.05) is 36.4 Å². The lowest BCUT2D eigenvalue weighted by Crippen LogP contribution is -2.36. The summed E-state index contributed by atoms with van der Waals surface area (Å²) in [4.78, 5) is 15.2. The van der Waals surface area contributed by atoms with Crippen molar-refractivity contribution in [2.75, 3.05) is 0 Å². The molecule has 11 rings (SSSR count). The van der Waals surface area contributed by atoms with Gasteiger partial charge in [0.25, 0.3) is 0 Å². The third kappa shape index (κ3) is 4.33. The molecular formula is C49H33N3O. The Bertz CT molecular complexity index is 2750. The van der Waals surface area contributed by atoms with E-state index in [1.54, 1.807) is 0 Å². The Labute approximate surface area is 308 Å². The van der Waals surface area contributed by atoms with E-state index >= 15 is 0 Å². The van der Waals surface area contributed by atoms with Gasteiger partial charge in [-0.25, -0.2) is 15.0 Å². The van der Waals surface area contributed by atoms with Crippen LogP contribution in [0.1, 0.15) is 47.1 Å². The lowest BCUT2D eigenvalue weighted by molar-refractivity contribution is 0.449. The predicted octanol–water partition coefficient (Wildman–Crippen LogP) is 11.7. The van der Waals surface area contributed by atoms with Gasteiger partial charge in [0.15, 0.2) is 17.5 Å². The fraction of sp³-hybridized carbons (Fsp3) is 0.0816. The molecule has 0 radical (unpaired) electrons. The number of nitrogens with zero attached hydrogens (tertiary/aromatic N) is 3. The molecule has 53 heavy (non-hydrogen) atoms. The van der Waals surface area contributed by atoms with Crippen LogP contribution in [0.5, 0.6) is 5.75 Å². The van der Waals surface area contributed by atoms with Gasteiger partial charge >= 0.3 is 0 Å². The fourth-order valence-electron chi connectivity index (χ4n) is 9.13. The van der Waals surface area contributed by atoms with Crippen molar-refractivity contribution in [2.24, 2.45) is 0 Å². The molecule has 3 aliphatic rings. The summed E-state index contributed by atoms with van der Waals surface area (Å²) in [7, 11) is 0. The highest BCUT2D eigenvalue weighted by molar-refractivity contribution is 5.98. The molecule has 4 heteroatoms. The van der Waals surface area contributed by atoms with Crippen LogP contribution in [0.4, 0.5) is 0 Å². The predicted molar refractivity (Wildman–Crippen MR) is 212 cm³/mol. The van der Waals surface area contributed by atoms with Crippen LogP contribution in [0.15, 0.2) is 169 Å². The van der Waals surface area contributed by atoms with Crippen molar-refractivity contribution in [3.05, 3.63) is 197 Å². The van der Waals surface area contributed by atoms with Crippen LogP contribution in [0, 0.1) is 0 Å². The minimum atomic E-state index is -0.539. The summed E-state index contributed by atoms with van der Waals surface area (Å²) in [5.41, 5.74) is 12.3. The molecule has 4 nitrogen and oxygen atoms in total. The third-order valence-corrected chi connectivity index (χ3v) is 11.5. The molecular weight excluding hydrogens is 647 g/mol. The van der Waals surface area contributed by atoms with E-state index in [9.17, 15) is 0 Å². The molecule has 0 N–H and O–H groups in total. The zero-order valence-corrected chi connectivity index (χ0v) is 29.1. The Kier molecular flexibility index (Phi) is 6.47. The van der Waals surface area contributed by atoms with Crippen LogP contribution in [0.25, 0.3) is 61.8 Å². The Balaban J connectivity index is 1.19. The Morgan fingerprint density at radius 3 is 1.85 bits per heavy atom. The van der Waals surface area contributed by atoms with Crippen LogP contribution < -0.4 is 4.74 Å². The number of benzene rings is 7. The van der Waals surface area contributed by atoms with Crippen molar-refractivity contribution < 1.29 is 4.74 Å². The summed E-state index contributed by atoms with van der Waals surface area (Å²) >= 11 is 0.